The molecule has 0 saturated heterocycles. The molecule has 1 aromatic heterocycles. The third kappa shape index (κ3) is 1.74. The number of benzene rings is 1. The van der Waals surface area contributed by atoms with Gasteiger partial charge < -0.3 is 9.30 Å². The molecule has 1 heterocycles. The van der Waals surface area contributed by atoms with Gasteiger partial charge in [-0.15, -0.1) is 0 Å². The van der Waals surface area contributed by atoms with Crippen LogP contribution in [0.2, 0.25) is 0 Å². The topological polar surface area (TPSA) is 37.9 Å². The molecule has 0 aliphatic carbocycles. The van der Waals surface area contributed by atoms with E-state index in [-0.39, 0.29) is 0 Å². The van der Waals surface area contributed by atoms with Crippen molar-refractivity contribution in [1.29, 1.82) is 5.26 Å². The van der Waals surface area contributed by atoms with Crippen LogP contribution >= 0.6 is 0 Å². The second-order valence-electron chi connectivity index (χ2n) is 3.81. The zero-order valence-corrected chi connectivity index (χ0v) is 9.53. The van der Waals surface area contributed by atoms with Crippen LogP contribution in [0.15, 0.2) is 24.4 Å². The van der Waals surface area contributed by atoms with Gasteiger partial charge in [0.1, 0.15) is 5.75 Å². The number of aryl methyl sites for hydroxylation is 2. The molecule has 0 aliphatic rings. The van der Waals surface area contributed by atoms with Crippen LogP contribution in [0.5, 0.6) is 5.75 Å². The number of rotatable bonds is 3. The molecule has 0 unspecified atom stereocenters. The highest BCUT2D eigenvalue weighted by Gasteiger charge is 2.07. The molecule has 0 amide bonds. The Morgan fingerprint density at radius 1 is 1.44 bits per heavy atom. The monoisotopic (exact) mass is 214 g/mol. The summed E-state index contributed by atoms with van der Waals surface area (Å²) in [6.07, 6.45) is 3.43. The first-order valence-electron chi connectivity index (χ1n) is 5.25. The molecule has 0 aliphatic heterocycles. The van der Waals surface area contributed by atoms with E-state index in [4.69, 9.17) is 10.00 Å². The van der Waals surface area contributed by atoms with Gasteiger partial charge in [0.2, 0.25) is 0 Å². The number of hydrogen-bond acceptors (Lipinski definition) is 2. The average Bonchev–Trinajstić information content (AvgIpc) is 2.63. The number of nitrogens with zero attached hydrogens (tertiary/aromatic N) is 2. The molecule has 2 rings (SSSR count). The lowest BCUT2D eigenvalue weighted by Crippen LogP contribution is -1.85. The quantitative estimate of drug-likeness (QED) is 0.787. The lowest BCUT2D eigenvalue weighted by atomic mass is 10.1. The van der Waals surface area contributed by atoms with E-state index in [1.165, 1.54) is 16.5 Å². The van der Waals surface area contributed by atoms with Crippen LogP contribution in [0.3, 0.4) is 0 Å². The van der Waals surface area contributed by atoms with Crippen LogP contribution in [-0.2, 0) is 13.5 Å². The molecule has 0 radical (unpaired) electrons. The Balaban J connectivity index is 2.52. The van der Waals surface area contributed by atoms with E-state index in [2.05, 4.69) is 16.8 Å². The first-order chi connectivity index (χ1) is 7.76. The summed E-state index contributed by atoms with van der Waals surface area (Å²) >= 11 is 0. The third-order valence-corrected chi connectivity index (χ3v) is 2.79. The van der Waals surface area contributed by atoms with Gasteiger partial charge in [-0.25, -0.2) is 0 Å². The van der Waals surface area contributed by atoms with Crippen molar-refractivity contribution in [2.24, 2.45) is 7.05 Å². The molecule has 1 aromatic carbocycles. The highest BCUT2D eigenvalue weighted by molar-refractivity contribution is 5.85. The molecule has 16 heavy (non-hydrogen) atoms. The fourth-order valence-electron chi connectivity index (χ4n) is 1.97. The minimum Gasteiger partial charge on any atom is -0.497 e. The minimum absolute atomic E-state index is 0.552. The fraction of sp³-hybridized carbons (Fsp3) is 0.308. The van der Waals surface area contributed by atoms with Gasteiger partial charge in [0.05, 0.1) is 13.2 Å². The van der Waals surface area contributed by atoms with Crippen molar-refractivity contribution in [2.45, 2.75) is 12.8 Å². The SMILES string of the molecule is COc1ccc2c(c1)c(CCC#N)cn2C. The van der Waals surface area contributed by atoms with Crippen LogP contribution in [0.1, 0.15) is 12.0 Å². The summed E-state index contributed by atoms with van der Waals surface area (Å²) in [6.45, 7) is 0. The Labute approximate surface area is 94.9 Å². The Hall–Kier alpha value is -1.95. The molecule has 0 spiro atoms. The molecule has 0 bridgehead atoms. The number of hydrogen-bond donors (Lipinski definition) is 0. The van der Waals surface area contributed by atoms with Crippen molar-refractivity contribution in [1.82, 2.24) is 4.57 Å². The largest absolute Gasteiger partial charge is 0.497 e. The summed E-state index contributed by atoms with van der Waals surface area (Å²) in [5.41, 5.74) is 2.38. The highest BCUT2D eigenvalue weighted by Crippen LogP contribution is 2.26. The first kappa shape index (κ1) is 10.6. The van der Waals surface area contributed by atoms with Gasteiger partial charge in [0.15, 0.2) is 0 Å². The highest BCUT2D eigenvalue weighted by atomic mass is 16.5. The molecule has 0 saturated carbocycles. The minimum atomic E-state index is 0.552. The van der Waals surface area contributed by atoms with E-state index in [1.54, 1.807) is 7.11 Å². The van der Waals surface area contributed by atoms with Gasteiger partial charge in [0, 0.05) is 30.6 Å². The van der Waals surface area contributed by atoms with E-state index < -0.39 is 0 Å². The van der Waals surface area contributed by atoms with Crippen LogP contribution in [0, 0.1) is 11.3 Å². The van der Waals surface area contributed by atoms with Crippen molar-refractivity contribution in [2.75, 3.05) is 7.11 Å². The molecular formula is C13H14N2O. The molecule has 0 fully saturated rings. The predicted molar refractivity (Wildman–Crippen MR) is 63.4 cm³/mol. The number of nitriles is 1. The molecule has 2 aromatic rings. The maximum Gasteiger partial charge on any atom is 0.119 e. The van der Waals surface area contributed by atoms with Gasteiger partial charge in [-0.05, 0) is 30.2 Å². The van der Waals surface area contributed by atoms with Crippen LogP contribution in [-0.4, -0.2) is 11.7 Å². The Kier molecular flexibility index (Phi) is 2.82. The maximum absolute atomic E-state index is 8.63. The normalized spacial score (nSPS) is 10.3. The molecule has 3 heteroatoms. The van der Waals surface area contributed by atoms with E-state index >= 15 is 0 Å². The van der Waals surface area contributed by atoms with Crippen LogP contribution in [0.25, 0.3) is 10.9 Å². The Bertz CT molecular complexity index is 549. The third-order valence-electron chi connectivity index (χ3n) is 2.79. The van der Waals surface area contributed by atoms with Crippen molar-refractivity contribution < 1.29 is 4.74 Å². The smallest absolute Gasteiger partial charge is 0.119 e. The molecule has 0 atom stereocenters. The fourth-order valence-corrected chi connectivity index (χ4v) is 1.97. The molecule has 0 N–H and O–H groups in total. The lowest BCUT2D eigenvalue weighted by Gasteiger charge is -2.01. The Morgan fingerprint density at radius 2 is 2.25 bits per heavy atom. The standard InChI is InChI=1S/C13H14N2O/c1-15-9-10(4-3-7-14)12-8-11(16-2)5-6-13(12)15/h5-6,8-9H,3-4H2,1-2H3. The van der Waals surface area contributed by atoms with Gasteiger partial charge in [-0.3, -0.25) is 0 Å². The Morgan fingerprint density at radius 3 is 2.94 bits per heavy atom. The van der Waals surface area contributed by atoms with E-state index in [9.17, 15) is 0 Å². The lowest BCUT2D eigenvalue weighted by molar-refractivity contribution is 0.415. The average molecular weight is 214 g/mol. The number of fused-ring (bicyclic) bond motifs is 1. The summed E-state index contributed by atoms with van der Waals surface area (Å²) in [5.74, 6) is 0.858. The van der Waals surface area contributed by atoms with Gasteiger partial charge in [0.25, 0.3) is 0 Å². The summed E-state index contributed by atoms with van der Waals surface area (Å²) < 4.78 is 7.30. The van der Waals surface area contributed by atoms with E-state index in [0.717, 1.165) is 12.2 Å². The zero-order chi connectivity index (χ0) is 11.5. The number of ether oxygens (including phenoxy) is 1. The predicted octanol–water partition coefficient (Wildman–Crippen LogP) is 2.64. The second kappa shape index (κ2) is 4.28. The summed E-state index contributed by atoms with van der Waals surface area (Å²) in [5, 5.41) is 9.80. The van der Waals surface area contributed by atoms with Gasteiger partial charge in [-0.2, -0.15) is 5.26 Å². The van der Waals surface area contributed by atoms with Crippen LogP contribution in [0.4, 0.5) is 0 Å². The van der Waals surface area contributed by atoms with Gasteiger partial charge >= 0.3 is 0 Å². The summed E-state index contributed by atoms with van der Waals surface area (Å²) in [6, 6.07) is 8.21. The van der Waals surface area contributed by atoms with Gasteiger partial charge in [-0.1, -0.05) is 0 Å². The van der Waals surface area contributed by atoms with E-state index in [0.29, 0.717) is 6.42 Å². The number of methoxy groups -OCH3 is 1. The second-order valence-corrected chi connectivity index (χ2v) is 3.81. The first-order valence-corrected chi connectivity index (χ1v) is 5.25. The van der Waals surface area contributed by atoms with Crippen molar-refractivity contribution in [3.05, 3.63) is 30.0 Å². The van der Waals surface area contributed by atoms with E-state index in [1.807, 2.05) is 25.2 Å². The molecule has 3 nitrogen and oxygen atoms in total. The molecule has 82 valence electrons. The molecular weight excluding hydrogens is 200 g/mol. The summed E-state index contributed by atoms with van der Waals surface area (Å²) in [4.78, 5) is 0. The van der Waals surface area contributed by atoms with Crippen molar-refractivity contribution in [3.63, 3.8) is 0 Å². The summed E-state index contributed by atoms with van der Waals surface area (Å²) in [7, 11) is 3.68. The maximum atomic E-state index is 8.63. The zero-order valence-electron chi connectivity index (χ0n) is 9.53. The number of aromatic nitrogens is 1. The van der Waals surface area contributed by atoms with Crippen molar-refractivity contribution >= 4 is 10.9 Å². The van der Waals surface area contributed by atoms with Crippen LogP contribution < -0.4 is 4.74 Å². The van der Waals surface area contributed by atoms with Crippen molar-refractivity contribution in [3.8, 4) is 11.8 Å².